The predicted octanol–water partition coefficient (Wildman–Crippen LogP) is 0.597. The SMILES string of the molecule is S=C([S-])NN1CCCC1.S=C([S-])NN1CCCC1.[O]=[Mo+2]=[O]. The summed E-state index contributed by atoms with van der Waals surface area (Å²) in [5, 5.41) is 4.13. The zero-order valence-electron chi connectivity index (χ0n) is 11.4. The van der Waals surface area contributed by atoms with Crippen LogP contribution < -0.4 is 10.9 Å². The fraction of sp³-hybridized carbons (Fsp3) is 0.800. The zero-order chi connectivity index (χ0) is 16.1. The molecule has 0 radical (unpaired) electrons. The second-order valence-corrected chi connectivity index (χ2v) is 6.74. The molecule has 0 spiro atoms. The van der Waals surface area contributed by atoms with Crippen LogP contribution >= 0.6 is 24.4 Å². The van der Waals surface area contributed by atoms with Crippen molar-refractivity contribution in [3.05, 3.63) is 0 Å². The Labute approximate surface area is 155 Å². The topological polar surface area (TPSA) is 64.7 Å². The van der Waals surface area contributed by atoms with Gasteiger partial charge in [0.05, 0.1) is 0 Å². The van der Waals surface area contributed by atoms with Gasteiger partial charge in [0.15, 0.2) is 0 Å². The van der Waals surface area contributed by atoms with E-state index in [1.54, 1.807) is 0 Å². The molecule has 2 fully saturated rings. The molecule has 120 valence electrons. The summed E-state index contributed by atoms with van der Waals surface area (Å²) in [4.78, 5) is 0. The number of nitrogens with one attached hydrogen (secondary N) is 2. The van der Waals surface area contributed by atoms with E-state index in [-0.39, 0.29) is 0 Å². The number of hydrazine groups is 2. The molecule has 0 saturated carbocycles. The monoisotopic (exact) mass is 452 g/mol. The molecule has 6 nitrogen and oxygen atoms in total. The van der Waals surface area contributed by atoms with Gasteiger partial charge in [0.1, 0.15) is 0 Å². The molecule has 0 bridgehead atoms. The van der Waals surface area contributed by atoms with Gasteiger partial charge in [-0.25, -0.2) is 10.0 Å². The van der Waals surface area contributed by atoms with Gasteiger partial charge in [-0.15, -0.1) is 0 Å². The molecule has 0 aliphatic carbocycles. The maximum atomic E-state index is 8.50. The van der Waals surface area contributed by atoms with Crippen molar-refractivity contribution in [1.82, 2.24) is 20.9 Å². The number of nitrogens with zero attached hydrogens (tertiary/aromatic N) is 2. The van der Waals surface area contributed by atoms with Crippen LogP contribution in [0.15, 0.2) is 0 Å². The third kappa shape index (κ3) is 13.8. The van der Waals surface area contributed by atoms with E-state index in [0.29, 0.717) is 8.64 Å². The van der Waals surface area contributed by atoms with Gasteiger partial charge in [-0.05, 0) is 34.3 Å². The first kappa shape index (κ1) is 21.4. The third-order valence-electron chi connectivity index (χ3n) is 2.71. The van der Waals surface area contributed by atoms with E-state index in [9.17, 15) is 0 Å². The minimum absolute atomic E-state index is 0.455. The van der Waals surface area contributed by atoms with Gasteiger partial charge in [0, 0.05) is 26.2 Å². The maximum absolute atomic E-state index is 8.50. The second kappa shape index (κ2) is 14.0. The van der Waals surface area contributed by atoms with Gasteiger partial charge in [-0.3, -0.25) is 0 Å². The van der Waals surface area contributed by atoms with Crippen LogP contribution in [0.5, 0.6) is 0 Å². The standard InChI is InChI=1S/2C5H10N2S2.Mo.2O/c2*8-5(9)6-7-3-1-2-4-7;;;/h2*1-4H2,(H2,6,8,9);;;/q;;+2;;/p-2. The van der Waals surface area contributed by atoms with Crippen LogP contribution in [-0.4, -0.2) is 44.8 Å². The van der Waals surface area contributed by atoms with Crippen LogP contribution in [0, 0.1) is 0 Å². The molecule has 0 aromatic carbocycles. The van der Waals surface area contributed by atoms with Crippen molar-refractivity contribution < 1.29 is 25.3 Å². The van der Waals surface area contributed by atoms with Crippen LogP contribution in [0.3, 0.4) is 0 Å². The first-order valence-corrected chi connectivity index (χ1v) is 9.63. The van der Waals surface area contributed by atoms with Gasteiger partial charge in [-0.1, -0.05) is 0 Å². The van der Waals surface area contributed by atoms with Crippen molar-refractivity contribution in [2.24, 2.45) is 0 Å². The Hall–Kier alpha value is 0.428. The Morgan fingerprint density at radius 3 is 1.24 bits per heavy atom. The van der Waals surface area contributed by atoms with Crippen molar-refractivity contribution >= 4 is 58.3 Å². The number of hydrogen-bond acceptors (Lipinski definition) is 8. The van der Waals surface area contributed by atoms with E-state index in [2.05, 4.69) is 20.9 Å². The molecule has 0 atom stereocenters. The quantitative estimate of drug-likeness (QED) is 0.355. The first-order valence-electron chi connectivity index (χ1n) is 6.36. The Bertz CT molecular complexity index is 329. The molecule has 0 amide bonds. The summed E-state index contributed by atoms with van der Waals surface area (Å²) in [5.74, 6) is 0. The molecule has 2 rings (SSSR count). The van der Waals surface area contributed by atoms with Crippen LogP contribution in [-0.2, 0) is 50.5 Å². The molecule has 2 saturated heterocycles. The number of hydrogen-bond donors (Lipinski definition) is 2. The van der Waals surface area contributed by atoms with E-state index in [1.165, 1.54) is 25.7 Å². The van der Waals surface area contributed by atoms with Gasteiger partial charge >= 0.3 is 25.3 Å². The van der Waals surface area contributed by atoms with Crippen molar-refractivity contribution in [1.29, 1.82) is 0 Å². The molecule has 0 unspecified atom stereocenters. The van der Waals surface area contributed by atoms with E-state index in [1.807, 2.05) is 0 Å². The normalized spacial score (nSPS) is 17.5. The Kier molecular flexibility index (Phi) is 14.3. The predicted molar refractivity (Wildman–Crippen MR) is 89.2 cm³/mol. The molecule has 0 aromatic heterocycles. The van der Waals surface area contributed by atoms with Crippen LogP contribution in [0.1, 0.15) is 25.7 Å². The molecule has 21 heavy (non-hydrogen) atoms. The third-order valence-corrected chi connectivity index (χ3v) is 3.08. The zero-order valence-corrected chi connectivity index (χ0v) is 16.7. The summed E-state index contributed by atoms with van der Waals surface area (Å²) in [6, 6.07) is 0. The fourth-order valence-corrected chi connectivity index (χ4v) is 2.43. The average Bonchev–Trinajstić information content (AvgIpc) is 3.03. The second-order valence-electron chi connectivity index (χ2n) is 4.25. The fourth-order valence-electron chi connectivity index (χ4n) is 1.92. The van der Waals surface area contributed by atoms with E-state index in [4.69, 9.17) is 56.5 Å². The Morgan fingerprint density at radius 1 is 0.810 bits per heavy atom. The number of thiocarbonyl (C=S) groups is 2. The van der Waals surface area contributed by atoms with E-state index >= 15 is 0 Å². The number of rotatable bonds is 2. The van der Waals surface area contributed by atoms with E-state index < -0.39 is 18.5 Å². The summed E-state index contributed by atoms with van der Waals surface area (Å²) in [6.07, 6.45) is 5.02. The van der Waals surface area contributed by atoms with Crippen LogP contribution in [0.2, 0.25) is 0 Å². The molecule has 2 N–H and O–H groups in total. The first-order chi connectivity index (χ1) is 9.99. The molecular weight excluding hydrogens is 432 g/mol. The van der Waals surface area contributed by atoms with E-state index in [0.717, 1.165) is 26.2 Å². The van der Waals surface area contributed by atoms with Crippen molar-refractivity contribution in [2.75, 3.05) is 26.2 Å². The summed E-state index contributed by atoms with van der Waals surface area (Å²) in [7, 11) is 0. The van der Waals surface area contributed by atoms with Crippen molar-refractivity contribution in [2.45, 2.75) is 25.7 Å². The Morgan fingerprint density at radius 2 is 1.05 bits per heavy atom. The average molecular weight is 450 g/mol. The Balaban J connectivity index is 0.000000322. The summed E-state index contributed by atoms with van der Waals surface area (Å²) in [5.41, 5.74) is 5.84. The van der Waals surface area contributed by atoms with Gasteiger partial charge in [0.2, 0.25) is 0 Å². The molecule has 11 heteroatoms. The molecule has 2 heterocycles. The molecule has 2 aliphatic heterocycles. The van der Waals surface area contributed by atoms with Gasteiger partial charge in [0.25, 0.3) is 0 Å². The van der Waals surface area contributed by atoms with Crippen LogP contribution in [0.25, 0.3) is 0 Å². The van der Waals surface area contributed by atoms with Crippen molar-refractivity contribution in [3.8, 4) is 0 Å². The summed E-state index contributed by atoms with van der Waals surface area (Å²) >= 11 is 16.7. The van der Waals surface area contributed by atoms with Crippen LogP contribution in [0.4, 0.5) is 0 Å². The molecular formula is C10H18MoN4O2S4. The summed E-state index contributed by atoms with van der Waals surface area (Å²) < 4.78 is 17.9. The van der Waals surface area contributed by atoms with Gasteiger partial charge < -0.3 is 60.5 Å². The molecule has 0 aromatic rings. The summed E-state index contributed by atoms with van der Waals surface area (Å²) in [6.45, 7) is 4.32. The van der Waals surface area contributed by atoms with Crippen molar-refractivity contribution in [3.63, 3.8) is 0 Å². The molecule has 2 aliphatic rings. The van der Waals surface area contributed by atoms with Gasteiger partial charge in [-0.2, -0.15) is 0 Å². The minimum atomic E-state index is -2.03.